The summed E-state index contributed by atoms with van der Waals surface area (Å²) in [6, 6.07) is 1.81. The first-order chi connectivity index (χ1) is 11.2. The molecule has 0 radical (unpaired) electrons. The summed E-state index contributed by atoms with van der Waals surface area (Å²) in [5.41, 5.74) is 0.942. The highest BCUT2D eigenvalue weighted by Gasteiger charge is 2.28. The number of hydrogen-bond acceptors (Lipinski definition) is 3. The Kier molecular flexibility index (Phi) is 8.79. The maximum absolute atomic E-state index is 11.5. The Labute approximate surface area is 176 Å². The van der Waals surface area contributed by atoms with Crippen molar-refractivity contribution in [3.8, 4) is 0 Å². The SMILES string of the molecule is CN=C(NCc1cc(Cl)c(Cl)n1C)NCC1CCN(S(C)(=O)=O)C1.I. The van der Waals surface area contributed by atoms with E-state index < -0.39 is 10.0 Å². The van der Waals surface area contributed by atoms with Gasteiger partial charge in [0.1, 0.15) is 5.15 Å². The number of nitrogens with zero attached hydrogens (tertiary/aromatic N) is 3. The number of rotatable bonds is 5. The van der Waals surface area contributed by atoms with Crippen molar-refractivity contribution in [1.82, 2.24) is 19.5 Å². The summed E-state index contributed by atoms with van der Waals surface area (Å²) in [5, 5.41) is 7.46. The van der Waals surface area contributed by atoms with E-state index in [9.17, 15) is 8.42 Å². The first-order valence-corrected chi connectivity index (χ1v) is 10.2. The fourth-order valence-corrected chi connectivity index (χ4v) is 3.99. The van der Waals surface area contributed by atoms with Crippen molar-refractivity contribution >= 4 is 63.2 Å². The van der Waals surface area contributed by atoms with Crippen LogP contribution < -0.4 is 10.6 Å². The van der Waals surface area contributed by atoms with Crippen LogP contribution in [0, 0.1) is 5.92 Å². The minimum absolute atomic E-state index is 0. The summed E-state index contributed by atoms with van der Waals surface area (Å²) < 4.78 is 26.4. The van der Waals surface area contributed by atoms with Crippen LogP contribution in [0.15, 0.2) is 11.1 Å². The number of nitrogens with one attached hydrogen (secondary N) is 2. The van der Waals surface area contributed by atoms with Crippen molar-refractivity contribution in [2.75, 3.05) is 32.9 Å². The van der Waals surface area contributed by atoms with Gasteiger partial charge < -0.3 is 15.2 Å². The molecular weight excluding hydrogens is 500 g/mol. The second-order valence-electron chi connectivity index (χ2n) is 5.92. The molecule has 1 aliphatic rings. The van der Waals surface area contributed by atoms with Crippen molar-refractivity contribution in [3.63, 3.8) is 0 Å². The van der Waals surface area contributed by atoms with Crippen molar-refractivity contribution in [1.29, 1.82) is 0 Å². The molecule has 2 rings (SSSR count). The van der Waals surface area contributed by atoms with E-state index in [1.165, 1.54) is 10.6 Å². The molecule has 144 valence electrons. The van der Waals surface area contributed by atoms with Crippen LogP contribution in [-0.4, -0.2) is 56.2 Å². The average molecular weight is 524 g/mol. The van der Waals surface area contributed by atoms with Gasteiger partial charge in [0.2, 0.25) is 10.0 Å². The zero-order chi connectivity index (χ0) is 17.9. The number of halogens is 3. The molecule has 2 heterocycles. The molecule has 1 fully saturated rings. The molecule has 0 saturated carbocycles. The number of guanidine groups is 1. The topological polar surface area (TPSA) is 78.7 Å². The van der Waals surface area contributed by atoms with Gasteiger partial charge in [-0.2, -0.15) is 0 Å². The van der Waals surface area contributed by atoms with Gasteiger partial charge in [-0.25, -0.2) is 12.7 Å². The second kappa shape index (κ2) is 9.63. The van der Waals surface area contributed by atoms with Gasteiger partial charge in [-0.1, -0.05) is 23.2 Å². The first kappa shape index (κ1) is 22.8. The van der Waals surface area contributed by atoms with Gasteiger partial charge in [0.25, 0.3) is 0 Å². The largest absolute Gasteiger partial charge is 0.356 e. The summed E-state index contributed by atoms with van der Waals surface area (Å²) in [6.45, 7) is 2.33. The highest BCUT2D eigenvalue weighted by Crippen LogP contribution is 2.24. The summed E-state index contributed by atoms with van der Waals surface area (Å²) in [7, 11) is 0.439. The number of aliphatic imine (C=N–C) groups is 1. The number of hydrogen-bond donors (Lipinski definition) is 2. The molecule has 7 nitrogen and oxygen atoms in total. The van der Waals surface area contributed by atoms with Gasteiger partial charge in [0.15, 0.2) is 5.96 Å². The third-order valence-corrected chi connectivity index (χ3v) is 6.26. The Bertz CT molecular complexity index is 723. The molecule has 0 spiro atoms. The number of sulfonamides is 1. The zero-order valence-electron chi connectivity index (χ0n) is 14.4. The van der Waals surface area contributed by atoms with Crippen LogP contribution in [0.2, 0.25) is 10.2 Å². The normalized spacial score (nSPS) is 18.9. The smallest absolute Gasteiger partial charge is 0.211 e. The van der Waals surface area contributed by atoms with Gasteiger partial charge in [-0.3, -0.25) is 4.99 Å². The molecule has 0 bridgehead atoms. The zero-order valence-corrected chi connectivity index (χ0v) is 19.1. The lowest BCUT2D eigenvalue weighted by Gasteiger charge is -2.16. The quantitative estimate of drug-likeness (QED) is 0.351. The Morgan fingerprint density at radius 3 is 2.56 bits per heavy atom. The van der Waals surface area contributed by atoms with Crippen molar-refractivity contribution in [3.05, 3.63) is 21.9 Å². The van der Waals surface area contributed by atoms with E-state index in [1.54, 1.807) is 7.05 Å². The molecule has 1 aliphatic heterocycles. The maximum Gasteiger partial charge on any atom is 0.211 e. The van der Waals surface area contributed by atoms with E-state index in [1.807, 2.05) is 17.7 Å². The highest BCUT2D eigenvalue weighted by atomic mass is 127. The van der Waals surface area contributed by atoms with Crippen LogP contribution in [0.1, 0.15) is 12.1 Å². The molecule has 2 N–H and O–H groups in total. The molecule has 0 amide bonds. The third kappa shape index (κ3) is 6.16. The van der Waals surface area contributed by atoms with E-state index in [0.29, 0.717) is 42.3 Å². The van der Waals surface area contributed by atoms with E-state index in [-0.39, 0.29) is 29.9 Å². The van der Waals surface area contributed by atoms with Gasteiger partial charge in [0.05, 0.1) is 17.8 Å². The molecule has 25 heavy (non-hydrogen) atoms. The van der Waals surface area contributed by atoms with Crippen LogP contribution in [0.5, 0.6) is 0 Å². The fourth-order valence-electron chi connectivity index (χ4n) is 2.66. The minimum Gasteiger partial charge on any atom is -0.356 e. The molecule has 1 unspecified atom stereocenters. The van der Waals surface area contributed by atoms with Crippen LogP contribution in [-0.2, 0) is 23.6 Å². The Balaban J connectivity index is 0.00000312. The van der Waals surface area contributed by atoms with E-state index in [2.05, 4.69) is 15.6 Å². The van der Waals surface area contributed by atoms with Crippen LogP contribution in [0.3, 0.4) is 0 Å². The second-order valence-corrected chi connectivity index (χ2v) is 8.66. The number of aromatic nitrogens is 1. The lowest BCUT2D eigenvalue weighted by Crippen LogP contribution is -2.40. The van der Waals surface area contributed by atoms with Crippen molar-refractivity contribution in [2.24, 2.45) is 18.0 Å². The predicted octanol–water partition coefficient (Wildman–Crippen LogP) is 1.90. The Hall–Kier alpha value is -0.230. The third-order valence-electron chi connectivity index (χ3n) is 4.15. The van der Waals surface area contributed by atoms with E-state index in [0.717, 1.165) is 12.1 Å². The van der Waals surface area contributed by atoms with E-state index in [4.69, 9.17) is 23.2 Å². The van der Waals surface area contributed by atoms with Crippen LogP contribution in [0.4, 0.5) is 0 Å². The van der Waals surface area contributed by atoms with Gasteiger partial charge in [0, 0.05) is 39.4 Å². The van der Waals surface area contributed by atoms with Crippen LogP contribution >= 0.6 is 47.2 Å². The van der Waals surface area contributed by atoms with Gasteiger partial charge in [-0.05, 0) is 18.4 Å². The minimum atomic E-state index is -3.10. The van der Waals surface area contributed by atoms with Gasteiger partial charge >= 0.3 is 0 Å². The molecule has 1 aromatic rings. The lowest BCUT2D eigenvalue weighted by atomic mass is 10.1. The average Bonchev–Trinajstić information content (AvgIpc) is 3.09. The molecule has 1 saturated heterocycles. The lowest BCUT2D eigenvalue weighted by molar-refractivity contribution is 0.458. The molecular formula is C14H24Cl2IN5O2S. The summed E-state index contributed by atoms with van der Waals surface area (Å²) in [4.78, 5) is 4.18. The van der Waals surface area contributed by atoms with Crippen molar-refractivity contribution < 1.29 is 8.42 Å². The highest BCUT2D eigenvalue weighted by molar-refractivity contribution is 14.0. The predicted molar refractivity (Wildman–Crippen MR) is 114 cm³/mol. The van der Waals surface area contributed by atoms with E-state index >= 15 is 0 Å². The molecule has 0 aromatic carbocycles. The Morgan fingerprint density at radius 1 is 1.40 bits per heavy atom. The van der Waals surface area contributed by atoms with Gasteiger partial charge in [-0.15, -0.1) is 24.0 Å². The summed E-state index contributed by atoms with van der Waals surface area (Å²) in [6.07, 6.45) is 2.10. The molecule has 1 aromatic heterocycles. The van der Waals surface area contributed by atoms with Crippen LogP contribution in [0.25, 0.3) is 0 Å². The standard InChI is InChI=1S/C14H23Cl2N5O2S.HI/c1-17-14(19-8-11-6-12(15)13(16)20(11)2)18-7-10-4-5-21(9-10)24(3,22)23;/h6,10H,4-5,7-9H2,1-3H3,(H2,17,18,19);1H. The maximum atomic E-state index is 11.5. The fraction of sp³-hybridized carbons (Fsp3) is 0.643. The Morgan fingerprint density at radius 2 is 2.08 bits per heavy atom. The molecule has 0 aliphatic carbocycles. The molecule has 1 atom stereocenters. The summed E-state index contributed by atoms with van der Waals surface area (Å²) in [5.74, 6) is 0.929. The molecule has 11 heteroatoms. The first-order valence-electron chi connectivity index (χ1n) is 7.61. The monoisotopic (exact) mass is 523 g/mol. The summed E-state index contributed by atoms with van der Waals surface area (Å²) >= 11 is 12.1. The van der Waals surface area contributed by atoms with Crippen molar-refractivity contribution in [2.45, 2.75) is 13.0 Å².